The lowest BCUT2D eigenvalue weighted by Crippen LogP contribution is -2.14. The second-order valence-corrected chi connectivity index (χ2v) is 5.50. The zero-order valence-corrected chi connectivity index (χ0v) is 10.7. The van der Waals surface area contributed by atoms with Gasteiger partial charge in [0.15, 0.2) is 0 Å². The average molecular weight is 244 g/mol. The van der Waals surface area contributed by atoms with Gasteiger partial charge in [-0.2, -0.15) is 0 Å². The number of pyridine rings is 1. The number of Topliss-reactive ketones (excluding diaryl/α,β-unsaturated/α-hetero) is 1. The van der Waals surface area contributed by atoms with Crippen LogP contribution in [0.2, 0.25) is 0 Å². The summed E-state index contributed by atoms with van der Waals surface area (Å²) in [7, 11) is 0. The lowest BCUT2D eigenvalue weighted by atomic mass is 9.93. The average Bonchev–Trinajstić information content (AvgIpc) is 3.05. The third-order valence-electron chi connectivity index (χ3n) is 4.31. The van der Waals surface area contributed by atoms with E-state index < -0.39 is 0 Å². The molecule has 1 N–H and O–H groups in total. The summed E-state index contributed by atoms with van der Waals surface area (Å²) in [4.78, 5) is 16.7. The second kappa shape index (κ2) is 5.19. The van der Waals surface area contributed by atoms with Gasteiger partial charge in [-0.15, -0.1) is 0 Å². The fraction of sp³-hybridized carbons (Fsp3) is 0.600. The highest BCUT2D eigenvalue weighted by molar-refractivity contribution is 5.86. The maximum atomic E-state index is 12.3. The molecule has 1 aromatic heterocycles. The van der Waals surface area contributed by atoms with Crippen LogP contribution in [-0.4, -0.2) is 23.9 Å². The molecule has 18 heavy (non-hydrogen) atoms. The van der Waals surface area contributed by atoms with Crippen LogP contribution in [0.1, 0.15) is 42.9 Å². The molecule has 1 saturated heterocycles. The predicted octanol–water partition coefficient (Wildman–Crippen LogP) is 2.07. The van der Waals surface area contributed by atoms with Crippen LogP contribution < -0.4 is 5.32 Å². The van der Waals surface area contributed by atoms with Crippen molar-refractivity contribution in [3.05, 3.63) is 29.6 Å². The number of rotatable bonds is 4. The standard InChI is InChI=1S/C15H20N2O/c18-14(6-3-11-7-9-16-10-11)13-5-4-12-2-1-8-17-15(12)13/h1-2,8,11,13,16H,3-7,9-10H2. The van der Waals surface area contributed by atoms with Crippen LogP contribution in [0.5, 0.6) is 0 Å². The third-order valence-corrected chi connectivity index (χ3v) is 4.31. The smallest absolute Gasteiger partial charge is 0.141 e. The molecule has 0 bridgehead atoms. The van der Waals surface area contributed by atoms with Gasteiger partial charge in [0.1, 0.15) is 5.78 Å². The van der Waals surface area contributed by atoms with Gasteiger partial charge in [-0.25, -0.2) is 0 Å². The monoisotopic (exact) mass is 244 g/mol. The number of fused-ring (bicyclic) bond motifs is 1. The van der Waals surface area contributed by atoms with Crippen molar-refractivity contribution in [2.45, 2.75) is 38.0 Å². The Balaban J connectivity index is 1.60. The molecule has 2 unspecified atom stereocenters. The Hall–Kier alpha value is -1.22. The number of nitrogens with one attached hydrogen (secondary N) is 1. The molecule has 0 saturated carbocycles. The van der Waals surface area contributed by atoms with Crippen LogP contribution in [0, 0.1) is 5.92 Å². The van der Waals surface area contributed by atoms with Crippen molar-refractivity contribution >= 4 is 5.78 Å². The molecule has 3 rings (SSSR count). The predicted molar refractivity (Wildman–Crippen MR) is 70.5 cm³/mol. The minimum atomic E-state index is 0.0792. The molecule has 3 heteroatoms. The molecule has 1 fully saturated rings. The van der Waals surface area contributed by atoms with Crippen molar-refractivity contribution in [2.24, 2.45) is 5.92 Å². The zero-order valence-electron chi connectivity index (χ0n) is 10.7. The minimum Gasteiger partial charge on any atom is -0.316 e. The quantitative estimate of drug-likeness (QED) is 0.881. The first-order valence-corrected chi connectivity index (χ1v) is 7.02. The third kappa shape index (κ3) is 2.32. The number of hydrogen-bond donors (Lipinski definition) is 1. The molecule has 0 radical (unpaired) electrons. The van der Waals surface area contributed by atoms with Crippen molar-refractivity contribution in [1.29, 1.82) is 0 Å². The Labute approximate surface area is 108 Å². The van der Waals surface area contributed by atoms with Crippen LogP contribution in [0.15, 0.2) is 18.3 Å². The first-order valence-electron chi connectivity index (χ1n) is 7.02. The van der Waals surface area contributed by atoms with E-state index in [0.29, 0.717) is 11.7 Å². The maximum absolute atomic E-state index is 12.3. The number of carbonyl (C=O) groups is 1. The van der Waals surface area contributed by atoms with Crippen LogP contribution in [0.3, 0.4) is 0 Å². The molecule has 1 aliphatic heterocycles. The molecular weight excluding hydrogens is 224 g/mol. The first kappa shape index (κ1) is 11.8. The topological polar surface area (TPSA) is 42.0 Å². The van der Waals surface area contributed by atoms with E-state index in [9.17, 15) is 4.79 Å². The van der Waals surface area contributed by atoms with Gasteiger partial charge in [-0.1, -0.05) is 6.07 Å². The summed E-state index contributed by atoms with van der Waals surface area (Å²) in [5.41, 5.74) is 2.32. The molecule has 2 aliphatic rings. The first-order chi connectivity index (χ1) is 8.84. The fourth-order valence-electron chi connectivity index (χ4n) is 3.21. The van der Waals surface area contributed by atoms with E-state index in [2.05, 4.69) is 16.4 Å². The summed E-state index contributed by atoms with van der Waals surface area (Å²) in [6.45, 7) is 2.21. The maximum Gasteiger partial charge on any atom is 0.141 e. The molecule has 1 aromatic rings. The van der Waals surface area contributed by atoms with Crippen LogP contribution in [0.25, 0.3) is 0 Å². The van der Waals surface area contributed by atoms with Crippen LogP contribution in [0.4, 0.5) is 0 Å². The van der Waals surface area contributed by atoms with Crippen LogP contribution >= 0.6 is 0 Å². The Morgan fingerprint density at radius 1 is 1.44 bits per heavy atom. The van der Waals surface area contributed by atoms with Crippen LogP contribution in [-0.2, 0) is 11.2 Å². The zero-order chi connectivity index (χ0) is 12.4. The number of carbonyl (C=O) groups excluding carboxylic acids is 1. The lowest BCUT2D eigenvalue weighted by Gasteiger charge is -2.11. The van der Waals surface area contributed by atoms with E-state index >= 15 is 0 Å². The van der Waals surface area contributed by atoms with E-state index in [4.69, 9.17) is 0 Å². The van der Waals surface area contributed by atoms with Crippen molar-refractivity contribution in [3.63, 3.8) is 0 Å². The van der Waals surface area contributed by atoms with Gasteiger partial charge in [0, 0.05) is 12.6 Å². The fourth-order valence-corrected chi connectivity index (χ4v) is 3.21. The Bertz CT molecular complexity index is 438. The van der Waals surface area contributed by atoms with Gasteiger partial charge in [0.05, 0.1) is 11.6 Å². The van der Waals surface area contributed by atoms with Gasteiger partial charge in [0.25, 0.3) is 0 Å². The number of aromatic nitrogens is 1. The van der Waals surface area contributed by atoms with E-state index in [0.717, 1.165) is 44.5 Å². The van der Waals surface area contributed by atoms with Gasteiger partial charge < -0.3 is 5.32 Å². The normalized spacial score (nSPS) is 26.2. The van der Waals surface area contributed by atoms with Crippen molar-refractivity contribution < 1.29 is 4.79 Å². The van der Waals surface area contributed by atoms with Crippen molar-refractivity contribution in [3.8, 4) is 0 Å². The van der Waals surface area contributed by atoms with Gasteiger partial charge in [0.2, 0.25) is 0 Å². The molecule has 2 atom stereocenters. The van der Waals surface area contributed by atoms with Gasteiger partial charge in [-0.05, 0) is 56.3 Å². The Morgan fingerprint density at radius 2 is 2.39 bits per heavy atom. The summed E-state index contributed by atoms with van der Waals surface area (Å²) >= 11 is 0. The summed E-state index contributed by atoms with van der Waals surface area (Å²) in [6.07, 6.45) is 6.80. The molecule has 0 amide bonds. The minimum absolute atomic E-state index is 0.0792. The highest BCUT2D eigenvalue weighted by atomic mass is 16.1. The highest BCUT2D eigenvalue weighted by Crippen LogP contribution is 2.33. The molecule has 0 spiro atoms. The van der Waals surface area contributed by atoms with Crippen molar-refractivity contribution in [2.75, 3.05) is 13.1 Å². The molecule has 0 aromatic carbocycles. The van der Waals surface area contributed by atoms with E-state index in [1.807, 2.05) is 12.3 Å². The molecule has 96 valence electrons. The molecular formula is C15H20N2O. The Kier molecular flexibility index (Phi) is 3.41. The summed E-state index contributed by atoms with van der Waals surface area (Å²) in [5.74, 6) is 1.19. The number of ketones is 1. The summed E-state index contributed by atoms with van der Waals surface area (Å²) in [6, 6.07) is 4.08. The SMILES string of the molecule is O=C(CCC1CCNC1)C1CCc2cccnc21. The Morgan fingerprint density at radius 3 is 3.22 bits per heavy atom. The van der Waals surface area contributed by atoms with Gasteiger partial charge in [-0.3, -0.25) is 9.78 Å². The number of hydrogen-bond acceptors (Lipinski definition) is 3. The molecule has 1 aliphatic carbocycles. The van der Waals surface area contributed by atoms with E-state index in [1.54, 1.807) is 0 Å². The summed E-state index contributed by atoms with van der Waals surface area (Å²) < 4.78 is 0. The molecule has 3 nitrogen and oxygen atoms in total. The van der Waals surface area contributed by atoms with E-state index in [-0.39, 0.29) is 5.92 Å². The molecule has 2 heterocycles. The lowest BCUT2D eigenvalue weighted by molar-refractivity contribution is -0.120. The number of aryl methyl sites for hydroxylation is 1. The number of nitrogens with zero attached hydrogens (tertiary/aromatic N) is 1. The van der Waals surface area contributed by atoms with Gasteiger partial charge >= 0.3 is 0 Å². The van der Waals surface area contributed by atoms with Crippen molar-refractivity contribution in [1.82, 2.24) is 10.3 Å². The highest BCUT2D eigenvalue weighted by Gasteiger charge is 2.29. The second-order valence-electron chi connectivity index (χ2n) is 5.50. The van der Waals surface area contributed by atoms with E-state index in [1.165, 1.54) is 12.0 Å². The largest absolute Gasteiger partial charge is 0.316 e. The summed E-state index contributed by atoms with van der Waals surface area (Å²) in [5, 5.41) is 3.36.